The Morgan fingerprint density at radius 1 is 0.750 bits per heavy atom. The Hall–Kier alpha value is 0.610. The first kappa shape index (κ1) is 3.14. The molecule has 5 bridgehead atoms. The molecule has 9 aliphatic rings. The van der Waals surface area contributed by atoms with E-state index in [0.717, 1.165) is 0 Å². The summed E-state index contributed by atoms with van der Waals surface area (Å²) in [6.45, 7) is 0. The maximum Gasteiger partial charge on any atom is 0.249 e. The lowest BCUT2D eigenvalue weighted by atomic mass is 13.5. The minimum Gasteiger partial charge on any atom is -0.181 e. The van der Waals surface area contributed by atoms with Gasteiger partial charge in [0, 0.05) is 0 Å². The molecule has 3 spiro atoms. The Bertz CT molecular complexity index is 329. The van der Waals surface area contributed by atoms with Gasteiger partial charge in [-0.05, 0) is 0 Å². The van der Waals surface area contributed by atoms with Gasteiger partial charge in [-0.15, -0.1) is 8.42 Å². The van der Waals surface area contributed by atoms with Crippen LogP contribution in [0.25, 0.3) is 0 Å². The van der Waals surface area contributed by atoms with Gasteiger partial charge in [-0.1, -0.05) is 0 Å². The molecule has 0 aromatic heterocycles. The van der Waals surface area contributed by atoms with Crippen LogP contribution in [0.5, 0.6) is 0 Å². The summed E-state index contributed by atoms with van der Waals surface area (Å²) in [5.74, 6) is 0. The molecule has 9 heterocycles. The Labute approximate surface area is 45.3 Å². The highest BCUT2D eigenvalue weighted by atomic mass is 31.5. The predicted octanol–water partition coefficient (Wildman–Crippen LogP) is 2.50. The van der Waals surface area contributed by atoms with Crippen LogP contribution in [-0.4, -0.2) is 8.42 Å². The van der Waals surface area contributed by atoms with Crippen molar-refractivity contribution < 1.29 is 0 Å². The Kier molecular flexibility index (Phi) is 0.171. The van der Waals surface area contributed by atoms with Crippen LogP contribution in [0, 0.1) is 0 Å². The van der Waals surface area contributed by atoms with Gasteiger partial charge in [-0.2, -0.15) is 13.5 Å². The van der Waals surface area contributed by atoms with Gasteiger partial charge >= 0.3 is 0 Å². The molecule has 0 N–H and O–H groups in total. The molecule has 0 atom stereocenters. The van der Waals surface area contributed by atoms with E-state index in [4.69, 9.17) is 0 Å². The van der Waals surface area contributed by atoms with Crippen molar-refractivity contribution >= 4 is 22.5 Å². The normalized spacial score (nSPS) is 105. The average Bonchev–Trinajstić information content (AvgIpc) is 1.63. The first-order valence-electron chi connectivity index (χ1n) is 2.40. The third kappa shape index (κ3) is 0.0698. The fourth-order valence-electron chi connectivity index (χ4n) is 1.86. The first-order valence-corrected chi connectivity index (χ1v) is 7.20. The Morgan fingerprint density at radius 2 is 1.12 bits per heavy atom. The second-order valence-electron chi connectivity index (χ2n) is 2.41. The molecule has 8 heavy (non-hydrogen) atoms. The van der Waals surface area contributed by atoms with Crippen molar-refractivity contribution in [1.29, 1.82) is 0 Å². The molecule has 0 aliphatic carbocycles. The summed E-state index contributed by atoms with van der Waals surface area (Å²) in [4.78, 5) is 0. The van der Waals surface area contributed by atoms with E-state index in [1.54, 1.807) is 0 Å². The minimum atomic E-state index is -1.03. The number of nitrogens with zero attached hydrogens (tertiary/aromatic N) is 5. The van der Waals surface area contributed by atoms with E-state index in [-0.39, 0.29) is 0 Å². The van der Waals surface area contributed by atoms with Gasteiger partial charge in [0.15, 0.2) is 0 Å². The summed E-state index contributed by atoms with van der Waals surface area (Å²) < 4.78 is 18.5. The standard InChI is InChI=1S/N5P3/c1-6-2-8-3-7(1,4(6)8)5(6)8. The quantitative estimate of drug-likeness (QED) is 0.514. The van der Waals surface area contributed by atoms with Gasteiger partial charge < -0.3 is 0 Å². The maximum atomic E-state index is 4.46. The monoisotopic (exact) mass is 163 g/mol. The summed E-state index contributed by atoms with van der Waals surface area (Å²) in [6, 6.07) is 0. The van der Waals surface area contributed by atoms with E-state index >= 15 is 0 Å². The van der Waals surface area contributed by atoms with Gasteiger partial charge in [0.1, 0.15) is 0 Å². The van der Waals surface area contributed by atoms with Crippen LogP contribution >= 0.6 is 22.5 Å². The fraction of sp³-hybridized carbons (Fsp3) is 0. The highest BCUT2D eigenvalue weighted by molar-refractivity contribution is 8.34. The molecule has 0 unspecified atom stereocenters. The van der Waals surface area contributed by atoms with E-state index in [1.807, 2.05) is 0 Å². The molecule has 3 fully saturated rings. The van der Waals surface area contributed by atoms with E-state index in [2.05, 4.69) is 22.0 Å². The molecule has 3 saturated heterocycles. The molecule has 5 nitrogen and oxygen atoms in total. The van der Waals surface area contributed by atoms with E-state index in [1.165, 1.54) is 0 Å². The van der Waals surface area contributed by atoms with E-state index in [9.17, 15) is 0 Å². The lowest BCUT2D eigenvalue weighted by molar-refractivity contribution is 0.582. The third-order valence-electron chi connectivity index (χ3n) is 2.16. The van der Waals surface area contributed by atoms with Crippen LogP contribution in [0.3, 0.4) is 0 Å². The molecule has 40 valence electrons. The molecular formula is N5P3. The van der Waals surface area contributed by atoms with Gasteiger partial charge in [-0.25, -0.2) is 0 Å². The zero-order chi connectivity index (χ0) is 4.78. The molecule has 0 radical (unpaired) electrons. The van der Waals surface area contributed by atoms with E-state index < -0.39 is 22.5 Å². The zero-order valence-electron chi connectivity index (χ0n) is 3.58. The van der Waals surface area contributed by atoms with Crippen LogP contribution in [-0.2, 0) is 0 Å². The summed E-state index contributed by atoms with van der Waals surface area (Å²) >= 11 is 0. The highest BCUT2D eigenvalue weighted by Crippen LogP contribution is 3.39. The smallest absolute Gasteiger partial charge is 0.181 e. The molecule has 9 rings (SSSR count). The summed E-state index contributed by atoms with van der Waals surface area (Å²) in [5.41, 5.74) is 0. The SMILES string of the molecule is N1=P23N=P45N=P1(N24)N35. The Balaban J connectivity index is 2.67. The maximum absolute atomic E-state index is 4.46. The minimum absolute atomic E-state index is 1.03. The zero-order valence-corrected chi connectivity index (χ0v) is 6.26. The molecular weight excluding hydrogens is 163 g/mol. The number of rotatable bonds is 0. The van der Waals surface area contributed by atoms with Crippen molar-refractivity contribution in [3.05, 3.63) is 0 Å². The van der Waals surface area contributed by atoms with Crippen molar-refractivity contribution in [2.75, 3.05) is 0 Å². The summed E-state index contributed by atoms with van der Waals surface area (Å²) in [6.07, 6.45) is 0. The second kappa shape index (κ2) is 0.436. The van der Waals surface area contributed by atoms with Gasteiger partial charge in [0.05, 0.1) is 0 Å². The van der Waals surface area contributed by atoms with Crippen molar-refractivity contribution in [1.82, 2.24) is 8.42 Å². The van der Waals surface area contributed by atoms with Crippen molar-refractivity contribution in [3.8, 4) is 0 Å². The average molecular weight is 163 g/mol. The molecule has 0 aromatic rings. The van der Waals surface area contributed by atoms with Crippen molar-refractivity contribution in [3.63, 3.8) is 0 Å². The lowest BCUT2D eigenvalue weighted by Gasteiger charge is -2.93. The fourth-order valence-corrected chi connectivity index (χ4v) is 23.5. The van der Waals surface area contributed by atoms with E-state index in [0.29, 0.717) is 0 Å². The largest absolute Gasteiger partial charge is 0.249 e. The third-order valence-corrected chi connectivity index (χ3v) is 19.4. The molecule has 0 saturated carbocycles. The molecule has 8 heteroatoms. The van der Waals surface area contributed by atoms with Crippen LogP contribution in [0.1, 0.15) is 0 Å². The van der Waals surface area contributed by atoms with Gasteiger partial charge in [0.25, 0.3) is 0 Å². The van der Waals surface area contributed by atoms with Gasteiger partial charge in [-0.3, -0.25) is 0 Å². The summed E-state index contributed by atoms with van der Waals surface area (Å²) in [5, 5.41) is 0. The number of hydrogen-bond acceptors (Lipinski definition) is 5. The van der Waals surface area contributed by atoms with Crippen molar-refractivity contribution in [2.24, 2.45) is 13.5 Å². The summed E-state index contributed by atoms with van der Waals surface area (Å²) in [7, 11) is -3.08. The van der Waals surface area contributed by atoms with Crippen molar-refractivity contribution in [2.45, 2.75) is 0 Å². The Morgan fingerprint density at radius 3 is 1.12 bits per heavy atom. The van der Waals surface area contributed by atoms with Crippen LogP contribution in [0.2, 0.25) is 0 Å². The van der Waals surface area contributed by atoms with Crippen LogP contribution in [0.15, 0.2) is 13.5 Å². The molecule has 0 amide bonds. The lowest BCUT2D eigenvalue weighted by Crippen LogP contribution is -2.68. The highest BCUT2D eigenvalue weighted by Gasteiger charge is 3.06. The topological polar surface area (TPSA) is 43.6 Å². The first-order chi connectivity index (χ1) is 3.85. The predicted molar refractivity (Wildman–Crippen MR) is 31.7 cm³/mol. The second-order valence-corrected chi connectivity index (χ2v) is 12.1. The van der Waals surface area contributed by atoms with Gasteiger partial charge in [0.2, 0.25) is 22.5 Å². The number of hydrogen-bond donors (Lipinski definition) is 0. The van der Waals surface area contributed by atoms with Crippen LogP contribution < -0.4 is 0 Å². The molecule has 9 aliphatic heterocycles. The molecule has 0 aromatic carbocycles. The van der Waals surface area contributed by atoms with Crippen LogP contribution in [0.4, 0.5) is 0 Å².